The van der Waals surface area contributed by atoms with Crippen molar-refractivity contribution in [3.63, 3.8) is 0 Å². The molecule has 0 radical (unpaired) electrons. The van der Waals surface area contributed by atoms with Crippen molar-refractivity contribution in [3.8, 4) is 0 Å². The van der Waals surface area contributed by atoms with E-state index >= 15 is 0 Å². The van der Waals surface area contributed by atoms with Gasteiger partial charge in [-0.2, -0.15) is 0 Å². The first-order chi connectivity index (χ1) is 15.1. The van der Waals surface area contributed by atoms with Crippen LogP contribution < -0.4 is 10.6 Å². The van der Waals surface area contributed by atoms with Gasteiger partial charge in [0.15, 0.2) is 0 Å². The van der Waals surface area contributed by atoms with Gasteiger partial charge in [0.25, 0.3) is 5.91 Å². The Morgan fingerprint density at radius 3 is 2.66 bits per heavy atom. The summed E-state index contributed by atoms with van der Waals surface area (Å²) in [5.41, 5.74) is -1.11. The molecule has 1 aromatic carbocycles. The maximum Gasteiger partial charge on any atom is 0.273 e. The molecule has 174 valence electrons. The molecule has 3 atom stereocenters. The minimum absolute atomic E-state index is 0.0185. The second-order valence-corrected chi connectivity index (χ2v) is 9.59. The van der Waals surface area contributed by atoms with Crippen molar-refractivity contribution in [1.29, 1.82) is 5.41 Å². The molecule has 1 aromatic rings. The van der Waals surface area contributed by atoms with Gasteiger partial charge in [-0.1, -0.05) is 13.3 Å². The van der Waals surface area contributed by atoms with Crippen LogP contribution in [0.5, 0.6) is 0 Å². The minimum Gasteiger partial charge on any atom is -0.363 e. The van der Waals surface area contributed by atoms with Crippen LogP contribution >= 0.6 is 0 Å². The molecule has 32 heavy (non-hydrogen) atoms. The van der Waals surface area contributed by atoms with Crippen LogP contribution in [0, 0.1) is 23.1 Å². The van der Waals surface area contributed by atoms with E-state index in [-0.39, 0.29) is 35.1 Å². The van der Waals surface area contributed by atoms with Gasteiger partial charge in [-0.3, -0.25) is 15.2 Å². The van der Waals surface area contributed by atoms with E-state index in [2.05, 4.69) is 15.6 Å². The predicted molar refractivity (Wildman–Crippen MR) is 121 cm³/mol. The molecule has 3 N–H and O–H groups in total. The standard InChI is InChI=1S/C22H28F2N4O3S/c1-13(14-4-3-5-14)20(25)28-22(2,12-32(30)31)17-10-16(7-8-18(17)24)27-21(29)19-9-6-15(23)11-26-19/h7-11,13-15,32H,3-6,12H2,1-2H3,(H2,25,28)(H,27,29)/t13?,15?,22-/m0/s1. The average molecular weight is 467 g/mol. The fourth-order valence-corrected chi connectivity index (χ4v) is 4.67. The summed E-state index contributed by atoms with van der Waals surface area (Å²) >= 11 is 0. The van der Waals surface area contributed by atoms with E-state index in [1.54, 1.807) is 0 Å². The zero-order chi connectivity index (χ0) is 23.5. The lowest BCUT2D eigenvalue weighted by molar-refractivity contribution is -0.112. The summed E-state index contributed by atoms with van der Waals surface area (Å²) in [7, 11) is -2.90. The third kappa shape index (κ3) is 5.59. The molecule has 0 spiro atoms. The van der Waals surface area contributed by atoms with Crippen molar-refractivity contribution in [2.75, 3.05) is 11.1 Å². The van der Waals surface area contributed by atoms with Crippen molar-refractivity contribution in [2.45, 2.75) is 51.2 Å². The molecule has 2 aliphatic rings. The number of anilines is 1. The van der Waals surface area contributed by atoms with Crippen LogP contribution in [-0.2, 0) is 21.0 Å². The molecule has 0 aromatic heterocycles. The van der Waals surface area contributed by atoms with E-state index in [1.165, 1.54) is 25.1 Å². The molecular weight excluding hydrogens is 438 g/mol. The Morgan fingerprint density at radius 2 is 2.09 bits per heavy atom. The number of hydrogen-bond donors (Lipinski definition) is 4. The summed E-state index contributed by atoms with van der Waals surface area (Å²) in [6.45, 7) is 3.43. The zero-order valence-electron chi connectivity index (χ0n) is 18.0. The molecule has 1 amide bonds. The molecule has 1 saturated carbocycles. The fourth-order valence-electron chi connectivity index (χ4n) is 3.91. The number of nitrogens with zero attached hydrogens (tertiary/aromatic N) is 1. The van der Waals surface area contributed by atoms with Crippen molar-refractivity contribution in [2.24, 2.45) is 16.8 Å². The highest BCUT2D eigenvalue weighted by Crippen LogP contribution is 2.35. The van der Waals surface area contributed by atoms with Crippen LogP contribution in [0.1, 0.15) is 45.1 Å². The summed E-state index contributed by atoms with van der Waals surface area (Å²) in [5.74, 6) is -1.26. The van der Waals surface area contributed by atoms with Gasteiger partial charge in [-0.05, 0) is 50.0 Å². The molecule has 3 rings (SSSR count). The molecule has 1 aliphatic heterocycles. The summed E-state index contributed by atoms with van der Waals surface area (Å²) in [6.07, 6.45) is 4.36. The van der Waals surface area contributed by atoms with Crippen LogP contribution in [0.3, 0.4) is 0 Å². The monoisotopic (exact) mass is 466 g/mol. The Morgan fingerprint density at radius 1 is 1.38 bits per heavy atom. The zero-order valence-corrected chi connectivity index (χ0v) is 18.9. The number of amidine groups is 1. The summed E-state index contributed by atoms with van der Waals surface area (Å²) < 4.78 is 51.3. The number of aliphatic imine (C=N–C) groups is 1. The molecule has 2 unspecified atom stereocenters. The van der Waals surface area contributed by atoms with Crippen LogP contribution in [0.2, 0.25) is 0 Å². The van der Waals surface area contributed by atoms with Crippen LogP contribution in [-0.4, -0.2) is 38.3 Å². The van der Waals surface area contributed by atoms with Crippen LogP contribution in [0.15, 0.2) is 35.0 Å². The number of halogens is 2. The van der Waals surface area contributed by atoms with Crippen LogP contribution in [0.4, 0.5) is 14.5 Å². The number of carbonyl (C=O) groups excluding carboxylic acids is 1. The highest BCUT2D eigenvalue weighted by Gasteiger charge is 2.35. The lowest BCUT2D eigenvalue weighted by Crippen LogP contribution is -2.50. The quantitative estimate of drug-likeness (QED) is 0.268. The maximum atomic E-state index is 14.8. The van der Waals surface area contributed by atoms with E-state index in [4.69, 9.17) is 5.41 Å². The Hall–Kier alpha value is -2.62. The van der Waals surface area contributed by atoms with E-state index < -0.39 is 39.9 Å². The number of rotatable bonds is 8. The molecule has 0 saturated heterocycles. The minimum atomic E-state index is -2.90. The highest BCUT2D eigenvalue weighted by molar-refractivity contribution is 7.72. The normalized spacial score (nSPS) is 21.3. The van der Waals surface area contributed by atoms with E-state index in [0.717, 1.165) is 31.5 Å². The first kappa shape index (κ1) is 24.0. The number of hydrogen-bond acceptors (Lipinski definition) is 5. The average Bonchev–Trinajstić information content (AvgIpc) is 2.67. The lowest BCUT2D eigenvalue weighted by atomic mass is 9.76. The van der Waals surface area contributed by atoms with Crippen LogP contribution in [0.25, 0.3) is 0 Å². The summed E-state index contributed by atoms with van der Waals surface area (Å²) in [5, 5.41) is 14.0. The SMILES string of the molecule is CC(C(=N)N[C@@](C)(C[SH](=O)=O)c1cc(NC(=O)C2=CCC(F)C=N2)ccc1F)C1CCC1. The van der Waals surface area contributed by atoms with Gasteiger partial charge in [0.2, 0.25) is 0 Å². The molecule has 1 aliphatic carbocycles. The Bertz CT molecular complexity index is 1030. The fraction of sp³-hybridized carbons (Fsp3) is 0.500. The van der Waals surface area contributed by atoms with Crippen molar-refractivity contribution in [1.82, 2.24) is 5.32 Å². The van der Waals surface area contributed by atoms with Gasteiger partial charge in [0, 0.05) is 29.8 Å². The predicted octanol–water partition coefficient (Wildman–Crippen LogP) is 3.29. The molecule has 10 heteroatoms. The first-order valence-electron chi connectivity index (χ1n) is 10.6. The van der Waals surface area contributed by atoms with E-state index in [1.807, 2.05) is 6.92 Å². The second kappa shape index (κ2) is 9.89. The first-order valence-corrected chi connectivity index (χ1v) is 11.9. The maximum absolute atomic E-state index is 14.8. The van der Waals surface area contributed by atoms with Crippen molar-refractivity contribution >= 4 is 34.3 Å². The van der Waals surface area contributed by atoms with Gasteiger partial charge in [-0.25, -0.2) is 17.2 Å². The van der Waals surface area contributed by atoms with Gasteiger partial charge in [-0.15, -0.1) is 0 Å². The number of thiol groups is 1. The number of benzene rings is 1. The molecule has 7 nitrogen and oxygen atoms in total. The Balaban J connectivity index is 1.85. The number of alkyl halides is 1. The van der Waals surface area contributed by atoms with Gasteiger partial charge in [0.05, 0.1) is 17.1 Å². The topological polar surface area (TPSA) is 111 Å². The summed E-state index contributed by atoms with van der Waals surface area (Å²) in [6, 6.07) is 3.84. The molecule has 1 heterocycles. The molecule has 1 fully saturated rings. The number of allylic oxidation sites excluding steroid dienone is 1. The highest BCUT2D eigenvalue weighted by atomic mass is 32.2. The molecular formula is C22H28F2N4O3S. The number of amides is 1. The van der Waals surface area contributed by atoms with Gasteiger partial charge in [0.1, 0.15) is 28.4 Å². The van der Waals surface area contributed by atoms with E-state index in [9.17, 15) is 22.0 Å². The molecule has 0 bridgehead atoms. The van der Waals surface area contributed by atoms with Gasteiger partial charge >= 0.3 is 0 Å². The third-order valence-electron chi connectivity index (χ3n) is 6.13. The Labute approximate surface area is 187 Å². The Kier molecular flexibility index (Phi) is 7.43. The smallest absolute Gasteiger partial charge is 0.273 e. The van der Waals surface area contributed by atoms with Crippen molar-refractivity contribution in [3.05, 3.63) is 41.4 Å². The van der Waals surface area contributed by atoms with Gasteiger partial charge < -0.3 is 10.6 Å². The van der Waals surface area contributed by atoms with E-state index in [0.29, 0.717) is 5.92 Å². The lowest BCUT2D eigenvalue weighted by Gasteiger charge is -2.37. The number of nitrogens with one attached hydrogen (secondary N) is 3. The third-order valence-corrected chi connectivity index (χ3v) is 7.02. The summed E-state index contributed by atoms with van der Waals surface area (Å²) in [4.78, 5) is 16.2. The second-order valence-electron chi connectivity index (χ2n) is 8.61. The largest absolute Gasteiger partial charge is 0.363 e. The number of carbonyl (C=O) groups is 1. The van der Waals surface area contributed by atoms with Crippen molar-refractivity contribution < 1.29 is 22.0 Å².